The second kappa shape index (κ2) is 6.43. The molecule has 102 valence electrons. The molecule has 0 saturated heterocycles. The highest BCUT2D eigenvalue weighted by atomic mass is 15.3. The van der Waals surface area contributed by atoms with E-state index in [9.17, 15) is 0 Å². The predicted molar refractivity (Wildman–Crippen MR) is 74.4 cm³/mol. The van der Waals surface area contributed by atoms with Gasteiger partial charge in [0, 0.05) is 18.8 Å². The minimum absolute atomic E-state index is 0.199. The summed E-state index contributed by atoms with van der Waals surface area (Å²) in [5, 5.41) is 7.69. The Morgan fingerprint density at radius 2 is 2.05 bits per heavy atom. The third-order valence-electron chi connectivity index (χ3n) is 2.93. The van der Waals surface area contributed by atoms with Gasteiger partial charge < -0.3 is 5.32 Å². The van der Waals surface area contributed by atoms with Crippen molar-refractivity contribution in [2.45, 2.75) is 39.9 Å². The number of rotatable bonds is 6. The number of aromatic nitrogens is 4. The van der Waals surface area contributed by atoms with Crippen molar-refractivity contribution >= 4 is 0 Å². The Hall–Kier alpha value is -1.75. The normalized spacial score (nSPS) is 12.8. The zero-order valence-electron chi connectivity index (χ0n) is 11.7. The van der Waals surface area contributed by atoms with Crippen LogP contribution in [0.2, 0.25) is 0 Å². The van der Waals surface area contributed by atoms with Crippen molar-refractivity contribution in [3.05, 3.63) is 42.2 Å². The van der Waals surface area contributed by atoms with E-state index < -0.39 is 0 Å². The molecule has 0 radical (unpaired) electrons. The Bertz CT molecular complexity index is 492. The van der Waals surface area contributed by atoms with E-state index in [0.717, 1.165) is 18.1 Å². The molecule has 1 N–H and O–H groups in total. The van der Waals surface area contributed by atoms with Crippen LogP contribution < -0.4 is 5.32 Å². The quantitative estimate of drug-likeness (QED) is 0.864. The van der Waals surface area contributed by atoms with Gasteiger partial charge in [0.2, 0.25) is 0 Å². The first-order valence-electron chi connectivity index (χ1n) is 6.68. The molecule has 0 aliphatic rings. The van der Waals surface area contributed by atoms with Crippen LogP contribution >= 0.6 is 0 Å². The second-order valence-corrected chi connectivity index (χ2v) is 5.11. The first-order chi connectivity index (χ1) is 9.16. The fourth-order valence-electron chi connectivity index (χ4n) is 1.90. The highest BCUT2D eigenvalue weighted by Gasteiger charge is 2.09. The molecule has 19 heavy (non-hydrogen) atoms. The summed E-state index contributed by atoms with van der Waals surface area (Å²) in [6, 6.07) is 6.15. The van der Waals surface area contributed by atoms with Gasteiger partial charge in [-0.15, -0.1) is 0 Å². The monoisotopic (exact) mass is 259 g/mol. The summed E-state index contributed by atoms with van der Waals surface area (Å²) in [5.41, 5.74) is 1.04. The molecule has 2 rings (SSSR count). The van der Waals surface area contributed by atoms with Crippen molar-refractivity contribution in [3.63, 3.8) is 0 Å². The summed E-state index contributed by atoms with van der Waals surface area (Å²) in [5.74, 6) is 1.53. The molecule has 5 nitrogen and oxygen atoms in total. The molecule has 0 spiro atoms. The standard InChI is InChI=1S/C14H21N5/c1-11(2)9-19-14(17-10-18-19)8-16-12(3)13-6-4-5-7-15-13/h4-7,10-12,16H,8-9H2,1-3H3. The third-order valence-corrected chi connectivity index (χ3v) is 2.93. The number of nitrogens with zero attached hydrogens (tertiary/aromatic N) is 4. The number of hydrogen-bond donors (Lipinski definition) is 1. The maximum absolute atomic E-state index is 4.34. The van der Waals surface area contributed by atoms with Crippen molar-refractivity contribution in [2.75, 3.05) is 0 Å². The average molecular weight is 259 g/mol. The van der Waals surface area contributed by atoms with Crippen LogP contribution in [-0.4, -0.2) is 19.7 Å². The van der Waals surface area contributed by atoms with Crippen molar-refractivity contribution in [2.24, 2.45) is 5.92 Å². The molecule has 0 aliphatic heterocycles. The lowest BCUT2D eigenvalue weighted by molar-refractivity contribution is 0.448. The molecule has 0 aliphatic carbocycles. The van der Waals surface area contributed by atoms with Crippen LogP contribution in [0.3, 0.4) is 0 Å². The number of nitrogens with one attached hydrogen (secondary N) is 1. The number of pyridine rings is 1. The van der Waals surface area contributed by atoms with E-state index in [1.165, 1.54) is 0 Å². The molecule has 0 bridgehead atoms. The Morgan fingerprint density at radius 3 is 2.74 bits per heavy atom. The molecule has 5 heteroatoms. The topological polar surface area (TPSA) is 55.6 Å². The summed E-state index contributed by atoms with van der Waals surface area (Å²) in [6.45, 7) is 8.05. The van der Waals surface area contributed by atoms with Gasteiger partial charge in [-0.05, 0) is 25.0 Å². The van der Waals surface area contributed by atoms with Crippen LogP contribution in [0, 0.1) is 5.92 Å². The largest absolute Gasteiger partial charge is 0.302 e. The van der Waals surface area contributed by atoms with Gasteiger partial charge in [-0.25, -0.2) is 9.67 Å². The third kappa shape index (κ3) is 3.86. The highest BCUT2D eigenvalue weighted by Crippen LogP contribution is 2.09. The van der Waals surface area contributed by atoms with Crippen LogP contribution in [0.1, 0.15) is 38.3 Å². The molecule has 2 heterocycles. The van der Waals surface area contributed by atoms with Crippen LogP contribution in [0.25, 0.3) is 0 Å². The zero-order valence-corrected chi connectivity index (χ0v) is 11.7. The first kappa shape index (κ1) is 13.7. The molecule has 0 aromatic carbocycles. The molecular weight excluding hydrogens is 238 g/mol. The minimum Gasteiger partial charge on any atom is -0.302 e. The predicted octanol–water partition coefficient (Wildman–Crippen LogP) is 2.18. The van der Waals surface area contributed by atoms with E-state index in [1.807, 2.05) is 29.1 Å². The van der Waals surface area contributed by atoms with Gasteiger partial charge in [-0.3, -0.25) is 4.98 Å². The summed E-state index contributed by atoms with van der Waals surface area (Å²) in [4.78, 5) is 8.65. The Morgan fingerprint density at radius 1 is 1.21 bits per heavy atom. The van der Waals surface area contributed by atoms with Crippen molar-refractivity contribution in [3.8, 4) is 0 Å². The maximum atomic E-state index is 4.34. The van der Waals surface area contributed by atoms with Gasteiger partial charge in [-0.2, -0.15) is 5.10 Å². The molecule has 2 aromatic heterocycles. The van der Waals surface area contributed by atoms with Crippen LogP contribution in [0.4, 0.5) is 0 Å². The van der Waals surface area contributed by atoms with Gasteiger partial charge in [0.1, 0.15) is 12.2 Å². The van der Waals surface area contributed by atoms with Crippen molar-refractivity contribution < 1.29 is 0 Å². The molecule has 1 unspecified atom stereocenters. The van der Waals surface area contributed by atoms with E-state index in [1.54, 1.807) is 6.33 Å². The van der Waals surface area contributed by atoms with E-state index in [2.05, 4.69) is 41.2 Å². The molecule has 2 aromatic rings. The summed E-state index contributed by atoms with van der Waals surface area (Å²) in [7, 11) is 0. The fourth-order valence-corrected chi connectivity index (χ4v) is 1.90. The summed E-state index contributed by atoms with van der Waals surface area (Å²) in [6.07, 6.45) is 3.43. The Kier molecular flexibility index (Phi) is 4.63. The lowest BCUT2D eigenvalue weighted by Crippen LogP contribution is -2.22. The van der Waals surface area contributed by atoms with Gasteiger partial charge in [0.05, 0.1) is 12.2 Å². The van der Waals surface area contributed by atoms with E-state index in [-0.39, 0.29) is 6.04 Å². The number of hydrogen-bond acceptors (Lipinski definition) is 4. The van der Waals surface area contributed by atoms with Crippen LogP contribution in [0.5, 0.6) is 0 Å². The lowest BCUT2D eigenvalue weighted by Gasteiger charge is -2.14. The summed E-state index contributed by atoms with van der Waals surface area (Å²) >= 11 is 0. The first-order valence-corrected chi connectivity index (χ1v) is 6.68. The lowest BCUT2D eigenvalue weighted by atomic mass is 10.2. The van der Waals surface area contributed by atoms with Gasteiger partial charge in [0.25, 0.3) is 0 Å². The van der Waals surface area contributed by atoms with Gasteiger partial charge in [-0.1, -0.05) is 19.9 Å². The average Bonchev–Trinajstić information content (AvgIpc) is 2.83. The molecule has 0 amide bonds. The van der Waals surface area contributed by atoms with E-state index in [0.29, 0.717) is 12.5 Å². The van der Waals surface area contributed by atoms with E-state index in [4.69, 9.17) is 0 Å². The second-order valence-electron chi connectivity index (χ2n) is 5.11. The van der Waals surface area contributed by atoms with Crippen molar-refractivity contribution in [1.29, 1.82) is 0 Å². The Labute approximate surface area is 114 Å². The van der Waals surface area contributed by atoms with Gasteiger partial charge >= 0.3 is 0 Å². The summed E-state index contributed by atoms with van der Waals surface area (Å²) < 4.78 is 1.96. The molecule has 0 saturated carbocycles. The maximum Gasteiger partial charge on any atom is 0.140 e. The van der Waals surface area contributed by atoms with Crippen molar-refractivity contribution in [1.82, 2.24) is 25.1 Å². The van der Waals surface area contributed by atoms with Crippen LogP contribution in [0.15, 0.2) is 30.7 Å². The molecule has 0 fully saturated rings. The molecule has 1 atom stereocenters. The molecular formula is C14H21N5. The van der Waals surface area contributed by atoms with E-state index >= 15 is 0 Å². The van der Waals surface area contributed by atoms with Gasteiger partial charge in [0.15, 0.2) is 0 Å². The highest BCUT2D eigenvalue weighted by molar-refractivity contribution is 5.07. The minimum atomic E-state index is 0.199. The Balaban J connectivity index is 1.94. The zero-order chi connectivity index (χ0) is 13.7. The van der Waals surface area contributed by atoms with Crippen LogP contribution in [-0.2, 0) is 13.1 Å². The fraction of sp³-hybridized carbons (Fsp3) is 0.500. The smallest absolute Gasteiger partial charge is 0.140 e. The SMILES string of the molecule is CC(C)Cn1ncnc1CNC(C)c1ccccn1.